The van der Waals surface area contributed by atoms with E-state index < -0.39 is 16.4 Å². The van der Waals surface area contributed by atoms with E-state index in [0.717, 1.165) is 23.3 Å². The van der Waals surface area contributed by atoms with E-state index >= 15 is 0 Å². The predicted octanol–water partition coefficient (Wildman–Crippen LogP) is 2.16. The van der Waals surface area contributed by atoms with Crippen molar-refractivity contribution in [1.82, 2.24) is 9.21 Å². The summed E-state index contributed by atoms with van der Waals surface area (Å²) in [6, 6.07) is 5.69. The average Bonchev–Trinajstić information content (AvgIpc) is 3.07. The zero-order chi connectivity index (χ0) is 18.7. The molecule has 1 atom stereocenters. The number of alkyl halides is 2. The fourth-order valence-electron chi connectivity index (χ4n) is 3.69. The Morgan fingerprint density at radius 1 is 1.31 bits per heavy atom. The van der Waals surface area contributed by atoms with Crippen LogP contribution in [0.2, 0.25) is 0 Å². The third kappa shape index (κ3) is 4.53. The zero-order valence-corrected chi connectivity index (χ0v) is 15.9. The molecule has 0 amide bonds. The molecule has 146 valence electrons. The maximum Gasteiger partial charge on any atom is 0.251 e. The third-order valence-electron chi connectivity index (χ3n) is 5.21. The Labute approximate surface area is 154 Å². The molecule has 3 rings (SSSR count). The number of benzene rings is 1. The largest absolute Gasteiger partial charge is 0.493 e. The van der Waals surface area contributed by atoms with Crippen LogP contribution >= 0.6 is 0 Å². The molecule has 0 saturated carbocycles. The predicted molar refractivity (Wildman–Crippen MR) is 96.4 cm³/mol. The highest BCUT2D eigenvalue weighted by atomic mass is 32.2. The Balaban J connectivity index is 1.59. The number of nitrogens with zero attached hydrogens (tertiary/aromatic N) is 2. The first kappa shape index (κ1) is 19.5. The molecule has 2 heterocycles. The summed E-state index contributed by atoms with van der Waals surface area (Å²) in [5.41, 5.74) is 2.12. The minimum absolute atomic E-state index is 0.0396. The second-order valence-corrected chi connectivity index (χ2v) is 9.00. The summed E-state index contributed by atoms with van der Waals surface area (Å²) in [6.07, 6.45) is -0.427. The molecule has 0 radical (unpaired) electrons. The van der Waals surface area contributed by atoms with Gasteiger partial charge in [0.15, 0.2) is 0 Å². The number of rotatable bonds is 7. The molecule has 0 unspecified atom stereocenters. The standard InChI is InChI=1S/C18H26F2N2O3S/c1-2-16-12-22(8-7-21(16)13-18(19)20)26(23,24)10-6-14-3-4-17-15(11-14)5-9-25-17/h3-4,11,16,18H,2,5-10,12-13H2,1H3/t16-/m0/s1. The molecule has 2 aliphatic heterocycles. The van der Waals surface area contributed by atoms with Crippen LogP contribution in [0.1, 0.15) is 24.5 Å². The van der Waals surface area contributed by atoms with Gasteiger partial charge in [0.1, 0.15) is 5.75 Å². The van der Waals surface area contributed by atoms with Crippen LogP contribution in [0.15, 0.2) is 18.2 Å². The van der Waals surface area contributed by atoms with E-state index in [1.807, 2.05) is 25.1 Å². The van der Waals surface area contributed by atoms with Crippen molar-refractivity contribution >= 4 is 10.0 Å². The van der Waals surface area contributed by atoms with Crippen LogP contribution in [0.5, 0.6) is 5.75 Å². The van der Waals surface area contributed by atoms with Crippen molar-refractivity contribution in [2.75, 3.05) is 38.5 Å². The molecule has 0 bridgehead atoms. The summed E-state index contributed by atoms with van der Waals surface area (Å²) in [6.45, 7) is 3.24. The van der Waals surface area contributed by atoms with Gasteiger partial charge in [0, 0.05) is 32.1 Å². The molecule has 5 nitrogen and oxygen atoms in total. The van der Waals surface area contributed by atoms with Crippen molar-refractivity contribution in [1.29, 1.82) is 0 Å². The number of sulfonamides is 1. The summed E-state index contributed by atoms with van der Waals surface area (Å²) in [5, 5.41) is 0. The molecule has 2 aliphatic rings. The number of ether oxygens (including phenoxy) is 1. The lowest BCUT2D eigenvalue weighted by molar-refractivity contribution is 0.0383. The van der Waals surface area contributed by atoms with Crippen LogP contribution in [-0.2, 0) is 22.9 Å². The number of hydrogen-bond acceptors (Lipinski definition) is 4. The average molecular weight is 388 g/mol. The highest BCUT2D eigenvalue weighted by molar-refractivity contribution is 7.89. The van der Waals surface area contributed by atoms with Crippen LogP contribution in [-0.4, -0.2) is 68.6 Å². The Morgan fingerprint density at radius 3 is 2.85 bits per heavy atom. The van der Waals surface area contributed by atoms with E-state index in [2.05, 4.69) is 0 Å². The van der Waals surface area contributed by atoms with Gasteiger partial charge < -0.3 is 4.74 Å². The van der Waals surface area contributed by atoms with Gasteiger partial charge in [-0.2, -0.15) is 4.31 Å². The number of fused-ring (bicyclic) bond motifs is 1. The van der Waals surface area contributed by atoms with Crippen LogP contribution < -0.4 is 4.74 Å². The van der Waals surface area contributed by atoms with Gasteiger partial charge in [-0.1, -0.05) is 19.1 Å². The first-order chi connectivity index (χ1) is 12.4. The first-order valence-corrected chi connectivity index (χ1v) is 10.7. The van der Waals surface area contributed by atoms with Crippen molar-refractivity contribution in [3.05, 3.63) is 29.3 Å². The van der Waals surface area contributed by atoms with E-state index in [-0.39, 0.29) is 24.9 Å². The maximum atomic E-state index is 12.7. The van der Waals surface area contributed by atoms with Gasteiger partial charge in [-0.25, -0.2) is 17.2 Å². The second kappa shape index (κ2) is 8.19. The lowest BCUT2D eigenvalue weighted by Gasteiger charge is -2.40. The SMILES string of the molecule is CC[C@H]1CN(S(=O)(=O)CCc2ccc3c(c2)CCO3)CCN1CC(F)F. The Kier molecular flexibility index (Phi) is 6.14. The molecular formula is C18H26F2N2O3S. The topological polar surface area (TPSA) is 49.9 Å². The highest BCUT2D eigenvalue weighted by Crippen LogP contribution is 2.26. The van der Waals surface area contributed by atoms with Crippen molar-refractivity contribution in [2.24, 2.45) is 0 Å². The molecule has 0 aliphatic carbocycles. The molecule has 1 saturated heterocycles. The first-order valence-electron chi connectivity index (χ1n) is 9.13. The molecule has 26 heavy (non-hydrogen) atoms. The van der Waals surface area contributed by atoms with E-state index in [4.69, 9.17) is 4.74 Å². The van der Waals surface area contributed by atoms with Crippen molar-refractivity contribution in [2.45, 2.75) is 38.7 Å². The van der Waals surface area contributed by atoms with Crippen molar-refractivity contribution in [3.63, 3.8) is 0 Å². The van der Waals surface area contributed by atoms with Crippen LogP contribution in [0, 0.1) is 0 Å². The van der Waals surface area contributed by atoms with E-state index in [0.29, 0.717) is 32.5 Å². The van der Waals surface area contributed by atoms with Crippen LogP contribution in [0.25, 0.3) is 0 Å². The molecular weight excluding hydrogens is 362 g/mol. The molecule has 1 aromatic rings. The quantitative estimate of drug-likeness (QED) is 0.718. The molecule has 8 heteroatoms. The van der Waals surface area contributed by atoms with E-state index in [1.165, 1.54) is 4.31 Å². The summed E-state index contributed by atoms with van der Waals surface area (Å²) < 4.78 is 57.7. The second-order valence-electron chi connectivity index (χ2n) is 6.91. The molecule has 1 aromatic carbocycles. The molecule has 0 spiro atoms. The number of piperazine rings is 1. The lowest BCUT2D eigenvalue weighted by Crippen LogP contribution is -2.55. The minimum Gasteiger partial charge on any atom is -0.493 e. The fourth-order valence-corrected chi connectivity index (χ4v) is 5.20. The van der Waals surface area contributed by atoms with E-state index in [9.17, 15) is 17.2 Å². The van der Waals surface area contributed by atoms with Gasteiger partial charge in [-0.3, -0.25) is 4.90 Å². The Morgan fingerprint density at radius 2 is 2.12 bits per heavy atom. The van der Waals surface area contributed by atoms with Gasteiger partial charge >= 0.3 is 0 Å². The number of halogens is 2. The normalized spacial score (nSPS) is 21.8. The summed E-state index contributed by atoms with van der Waals surface area (Å²) >= 11 is 0. The van der Waals surface area contributed by atoms with Crippen molar-refractivity contribution < 1.29 is 21.9 Å². The third-order valence-corrected chi connectivity index (χ3v) is 7.05. The van der Waals surface area contributed by atoms with Gasteiger partial charge in [0.05, 0.1) is 18.9 Å². The van der Waals surface area contributed by atoms with E-state index in [1.54, 1.807) is 4.90 Å². The Bertz CT molecular complexity index is 727. The van der Waals surface area contributed by atoms with Gasteiger partial charge in [0.25, 0.3) is 6.43 Å². The summed E-state index contributed by atoms with van der Waals surface area (Å²) in [5.74, 6) is 0.926. The number of aryl methyl sites for hydroxylation is 1. The lowest BCUT2D eigenvalue weighted by atomic mass is 10.1. The summed E-state index contributed by atoms with van der Waals surface area (Å²) in [7, 11) is -3.40. The fraction of sp³-hybridized carbons (Fsp3) is 0.667. The van der Waals surface area contributed by atoms with Crippen LogP contribution in [0.3, 0.4) is 0 Å². The minimum atomic E-state index is -3.40. The van der Waals surface area contributed by atoms with Gasteiger partial charge in [0.2, 0.25) is 10.0 Å². The maximum absolute atomic E-state index is 12.7. The smallest absolute Gasteiger partial charge is 0.251 e. The van der Waals surface area contributed by atoms with Crippen LogP contribution in [0.4, 0.5) is 8.78 Å². The molecule has 0 aromatic heterocycles. The van der Waals surface area contributed by atoms with Gasteiger partial charge in [-0.15, -0.1) is 0 Å². The number of hydrogen-bond donors (Lipinski definition) is 0. The molecule has 1 fully saturated rings. The summed E-state index contributed by atoms with van der Waals surface area (Å²) in [4.78, 5) is 1.71. The monoisotopic (exact) mass is 388 g/mol. The Hall–Kier alpha value is -1.25. The highest BCUT2D eigenvalue weighted by Gasteiger charge is 2.33. The zero-order valence-electron chi connectivity index (χ0n) is 15.0. The van der Waals surface area contributed by atoms with Gasteiger partial charge in [-0.05, 0) is 30.0 Å². The molecule has 0 N–H and O–H groups in total. The van der Waals surface area contributed by atoms with Crippen molar-refractivity contribution in [3.8, 4) is 5.75 Å².